The van der Waals surface area contributed by atoms with Gasteiger partial charge in [-0.15, -0.1) is 11.3 Å². The van der Waals surface area contributed by atoms with Crippen LogP contribution in [0.1, 0.15) is 47.4 Å². The number of hydrogen-bond donors (Lipinski definition) is 1. The summed E-state index contributed by atoms with van der Waals surface area (Å²) < 4.78 is 23.0. The summed E-state index contributed by atoms with van der Waals surface area (Å²) in [5.74, 6) is 0.217. The fraction of sp³-hybridized carbons (Fsp3) is 0.500. The number of carbonyl (C=O) groups is 1. The Morgan fingerprint density at radius 1 is 1.37 bits per heavy atom. The van der Waals surface area contributed by atoms with Gasteiger partial charge in [-0.25, -0.2) is 4.79 Å². The zero-order valence-corrected chi connectivity index (χ0v) is 18.2. The van der Waals surface area contributed by atoms with Crippen LogP contribution >= 0.6 is 11.3 Å². The second-order valence-electron chi connectivity index (χ2n) is 7.68. The summed E-state index contributed by atoms with van der Waals surface area (Å²) in [7, 11) is 1.63. The molecule has 162 valence electrons. The number of cyclic esters (lactones) is 1. The molecule has 0 radical (unpaired) electrons. The Kier molecular flexibility index (Phi) is 6.29. The Labute approximate surface area is 180 Å². The molecule has 2 aromatic rings. The van der Waals surface area contributed by atoms with Crippen LogP contribution in [0.2, 0.25) is 0 Å². The smallest absolute Gasteiger partial charge is 0.345 e. The summed E-state index contributed by atoms with van der Waals surface area (Å²) in [4.78, 5) is 14.0. The first-order valence-corrected chi connectivity index (χ1v) is 11.0. The van der Waals surface area contributed by atoms with Crippen LogP contribution in [0.25, 0.3) is 0 Å². The monoisotopic (exact) mass is 433 g/mol. The van der Waals surface area contributed by atoms with E-state index in [9.17, 15) is 9.90 Å². The molecular formula is C22H27NO6S. The third kappa shape index (κ3) is 4.18. The third-order valence-electron chi connectivity index (χ3n) is 5.54. The maximum Gasteiger partial charge on any atom is 0.345 e. The average molecular weight is 434 g/mol. The minimum absolute atomic E-state index is 0.0256. The van der Waals surface area contributed by atoms with E-state index in [-0.39, 0.29) is 12.2 Å². The maximum absolute atomic E-state index is 12.3. The molecule has 1 aromatic heterocycles. The highest BCUT2D eigenvalue weighted by atomic mass is 32.1. The van der Waals surface area contributed by atoms with Crippen LogP contribution in [0.5, 0.6) is 5.75 Å². The van der Waals surface area contributed by atoms with E-state index < -0.39 is 18.5 Å². The van der Waals surface area contributed by atoms with Crippen LogP contribution in [0.15, 0.2) is 29.6 Å². The SMILES string of the molecule is COc1ccccc1C(CN1c2scc(C)c2C(=O)OC1O)OC1CCOC(C)C1. The van der Waals surface area contributed by atoms with Gasteiger partial charge in [-0.2, -0.15) is 0 Å². The predicted molar refractivity (Wildman–Crippen MR) is 113 cm³/mol. The summed E-state index contributed by atoms with van der Waals surface area (Å²) in [6.07, 6.45) is 0.00662. The number of ether oxygens (including phenoxy) is 4. The lowest BCUT2D eigenvalue weighted by molar-refractivity contribution is -0.104. The van der Waals surface area contributed by atoms with Crippen molar-refractivity contribution in [3.8, 4) is 5.75 Å². The van der Waals surface area contributed by atoms with Gasteiger partial charge in [0.2, 0.25) is 0 Å². The number of hydrogen-bond acceptors (Lipinski definition) is 8. The number of fused-ring (bicyclic) bond motifs is 1. The molecule has 0 aliphatic carbocycles. The van der Waals surface area contributed by atoms with Gasteiger partial charge in [-0.3, -0.25) is 0 Å². The summed E-state index contributed by atoms with van der Waals surface area (Å²) in [6.45, 7) is 4.88. The first-order valence-electron chi connectivity index (χ1n) is 10.1. The van der Waals surface area contributed by atoms with Crippen molar-refractivity contribution in [1.82, 2.24) is 0 Å². The molecule has 1 N–H and O–H groups in total. The van der Waals surface area contributed by atoms with Gasteiger partial charge in [0, 0.05) is 12.2 Å². The van der Waals surface area contributed by atoms with E-state index in [1.807, 2.05) is 43.5 Å². The summed E-state index contributed by atoms with van der Waals surface area (Å²) in [5, 5.41) is 13.1. The fourth-order valence-electron chi connectivity index (χ4n) is 4.02. The number of anilines is 1. The molecule has 2 aliphatic rings. The summed E-state index contributed by atoms with van der Waals surface area (Å²) in [5.41, 5.74) is 2.23. The molecule has 1 fully saturated rings. The number of carbonyl (C=O) groups excluding carboxylic acids is 1. The van der Waals surface area contributed by atoms with Crippen molar-refractivity contribution >= 4 is 22.3 Å². The number of benzene rings is 1. The minimum Gasteiger partial charge on any atom is -0.496 e. The molecule has 1 saturated heterocycles. The highest BCUT2D eigenvalue weighted by Gasteiger charge is 2.37. The number of rotatable bonds is 6. The zero-order chi connectivity index (χ0) is 21.3. The largest absolute Gasteiger partial charge is 0.496 e. The molecule has 0 amide bonds. The number of thiophene rings is 1. The predicted octanol–water partition coefficient (Wildman–Crippen LogP) is 3.64. The van der Waals surface area contributed by atoms with E-state index in [1.54, 1.807) is 12.0 Å². The van der Waals surface area contributed by atoms with E-state index in [0.29, 0.717) is 29.5 Å². The molecule has 0 spiro atoms. The van der Waals surface area contributed by atoms with Crippen molar-refractivity contribution in [1.29, 1.82) is 0 Å². The number of aliphatic hydroxyl groups excluding tert-OH is 1. The summed E-state index contributed by atoms with van der Waals surface area (Å²) in [6, 6.07) is 7.71. The molecule has 30 heavy (non-hydrogen) atoms. The Morgan fingerprint density at radius 3 is 2.93 bits per heavy atom. The van der Waals surface area contributed by atoms with Crippen LogP contribution in [-0.4, -0.2) is 50.0 Å². The molecule has 4 atom stereocenters. The van der Waals surface area contributed by atoms with E-state index in [0.717, 1.165) is 24.0 Å². The van der Waals surface area contributed by atoms with Crippen molar-refractivity contribution in [2.45, 2.75) is 51.4 Å². The molecule has 7 nitrogen and oxygen atoms in total. The number of esters is 1. The second kappa shape index (κ2) is 8.93. The molecule has 0 saturated carbocycles. The van der Waals surface area contributed by atoms with E-state index in [1.165, 1.54) is 11.3 Å². The van der Waals surface area contributed by atoms with Crippen molar-refractivity contribution in [2.24, 2.45) is 0 Å². The highest BCUT2D eigenvalue weighted by Crippen LogP contribution is 2.39. The lowest BCUT2D eigenvalue weighted by Crippen LogP contribution is -2.46. The van der Waals surface area contributed by atoms with Crippen LogP contribution in [-0.2, 0) is 14.2 Å². The maximum atomic E-state index is 12.3. The van der Waals surface area contributed by atoms with Gasteiger partial charge in [0.1, 0.15) is 16.9 Å². The molecule has 2 aliphatic heterocycles. The van der Waals surface area contributed by atoms with E-state index in [4.69, 9.17) is 18.9 Å². The van der Waals surface area contributed by atoms with Crippen LogP contribution in [0, 0.1) is 6.92 Å². The summed E-state index contributed by atoms with van der Waals surface area (Å²) >= 11 is 1.42. The van der Waals surface area contributed by atoms with Crippen LogP contribution in [0.4, 0.5) is 5.00 Å². The first-order chi connectivity index (χ1) is 14.5. The molecular weight excluding hydrogens is 406 g/mol. The molecule has 0 bridgehead atoms. The van der Waals surface area contributed by atoms with Crippen LogP contribution in [0.3, 0.4) is 0 Å². The van der Waals surface area contributed by atoms with Gasteiger partial charge in [-0.1, -0.05) is 18.2 Å². The van der Waals surface area contributed by atoms with Crippen molar-refractivity contribution in [2.75, 3.05) is 25.2 Å². The van der Waals surface area contributed by atoms with Crippen LogP contribution < -0.4 is 9.64 Å². The molecule has 4 unspecified atom stereocenters. The third-order valence-corrected chi connectivity index (χ3v) is 6.67. The van der Waals surface area contributed by atoms with Gasteiger partial charge in [0.25, 0.3) is 6.41 Å². The van der Waals surface area contributed by atoms with Gasteiger partial charge < -0.3 is 29.0 Å². The normalized spacial score (nSPS) is 24.9. The second-order valence-corrected chi connectivity index (χ2v) is 8.54. The molecule has 4 rings (SSSR count). The van der Waals surface area contributed by atoms with Crippen molar-refractivity contribution in [3.05, 3.63) is 46.3 Å². The van der Waals surface area contributed by atoms with Gasteiger partial charge in [-0.05, 0) is 43.7 Å². The zero-order valence-electron chi connectivity index (χ0n) is 17.4. The number of nitrogens with zero attached hydrogens (tertiary/aromatic N) is 1. The lowest BCUT2D eigenvalue weighted by Gasteiger charge is -2.37. The number of para-hydroxylation sites is 1. The van der Waals surface area contributed by atoms with E-state index >= 15 is 0 Å². The Morgan fingerprint density at radius 2 is 2.17 bits per heavy atom. The Balaban J connectivity index is 1.66. The Bertz CT molecular complexity index is 900. The van der Waals surface area contributed by atoms with Gasteiger partial charge in [0.05, 0.1) is 31.4 Å². The molecule has 8 heteroatoms. The molecule has 3 heterocycles. The number of aryl methyl sites for hydroxylation is 1. The number of methoxy groups -OCH3 is 1. The topological polar surface area (TPSA) is 77.5 Å². The Hall–Kier alpha value is -2.13. The van der Waals surface area contributed by atoms with Crippen molar-refractivity contribution in [3.63, 3.8) is 0 Å². The average Bonchev–Trinajstić information content (AvgIpc) is 3.12. The number of aliphatic hydroxyl groups is 1. The quantitative estimate of drug-likeness (QED) is 0.697. The lowest BCUT2D eigenvalue weighted by atomic mass is 10.0. The first kappa shape index (κ1) is 21.1. The fourth-order valence-corrected chi connectivity index (χ4v) is 5.09. The van der Waals surface area contributed by atoms with Crippen molar-refractivity contribution < 1.29 is 28.8 Å². The standard InChI is InChI=1S/C22H27NO6S/c1-13-12-30-20-19(13)21(24)29-22(25)23(20)11-18(16-6-4-5-7-17(16)26-3)28-15-8-9-27-14(2)10-15/h4-7,12,14-15,18,22,25H,8-11H2,1-3H3. The van der Waals surface area contributed by atoms with E-state index in [2.05, 4.69) is 0 Å². The van der Waals surface area contributed by atoms with Gasteiger partial charge >= 0.3 is 5.97 Å². The minimum atomic E-state index is -1.36. The van der Waals surface area contributed by atoms with Gasteiger partial charge in [0.15, 0.2) is 0 Å². The molecule has 1 aromatic carbocycles. The highest BCUT2D eigenvalue weighted by molar-refractivity contribution is 7.14.